The highest BCUT2D eigenvalue weighted by Gasteiger charge is 2.31. The van der Waals surface area contributed by atoms with E-state index in [1.807, 2.05) is 0 Å². The van der Waals surface area contributed by atoms with E-state index < -0.39 is 4.92 Å². The van der Waals surface area contributed by atoms with Gasteiger partial charge in [0.05, 0.1) is 11.5 Å². The highest BCUT2D eigenvalue weighted by atomic mass is 16.6. The standard InChI is InChI=1S/C16H22N2O3/c19-11-14-9-15(18(20)21)5-6-16(14)17-8-7-12-3-1-2-4-13(12)10-17/h5-6,9,12-13,19H,1-4,7-8,10-11H2. The average molecular weight is 290 g/mol. The second-order valence-electron chi connectivity index (χ2n) is 6.27. The third kappa shape index (κ3) is 2.88. The van der Waals surface area contributed by atoms with Crippen molar-refractivity contribution in [3.63, 3.8) is 0 Å². The van der Waals surface area contributed by atoms with Crippen molar-refractivity contribution < 1.29 is 10.0 Å². The van der Waals surface area contributed by atoms with E-state index in [0.29, 0.717) is 5.56 Å². The Hall–Kier alpha value is -1.62. The molecule has 1 heterocycles. The summed E-state index contributed by atoms with van der Waals surface area (Å²) in [5, 5.41) is 20.4. The van der Waals surface area contributed by atoms with Crippen molar-refractivity contribution in [1.29, 1.82) is 0 Å². The van der Waals surface area contributed by atoms with Crippen LogP contribution in [-0.4, -0.2) is 23.1 Å². The predicted octanol–water partition coefficient (Wildman–Crippen LogP) is 3.10. The lowest BCUT2D eigenvalue weighted by Crippen LogP contribution is -2.42. The van der Waals surface area contributed by atoms with Gasteiger partial charge in [-0.15, -0.1) is 0 Å². The van der Waals surface area contributed by atoms with E-state index >= 15 is 0 Å². The molecular weight excluding hydrogens is 268 g/mol. The molecule has 2 atom stereocenters. The van der Waals surface area contributed by atoms with Crippen LogP contribution in [0, 0.1) is 22.0 Å². The Balaban J connectivity index is 1.81. The number of hydrogen-bond donors (Lipinski definition) is 1. The minimum absolute atomic E-state index is 0.0513. The monoisotopic (exact) mass is 290 g/mol. The number of nitrogens with zero attached hydrogens (tertiary/aromatic N) is 2. The molecule has 5 nitrogen and oxygen atoms in total. The lowest BCUT2D eigenvalue weighted by Gasteiger charge is -2.42. The highest BCUT2D eigenvalue weighted by Crippen LogP contribution is 2.38. The van der Waals surface area contributed by atoms with Gasteiger partial charge >= 0.3 is 0 Å². The maximum atomic E-state index is 10.9. The molecule has 114 valence electrons. The average Bonchev–Trinajstić information content (AvgIpc) is 2.53. The van der Waals surface area contributed by atoms with E-state index in [9.17, 15) is 15.2 Å². The van der Waals surface area contributed by atoms with Crippen LogP contribution >= 0.6 is 0 Å². The summed E-state index contributed by atoms with van der Waals surface area (Å²) in [4.78, 5) is 12.8. The van der Waals surface area contributed by atoms with Crippen molar-refractivity contribution in [2.45, 2.75) is 38.7 Å². The molecule has 2 unspecified atom stereocenters. The van der Waals surface area contributed by atoms with Crippen LogP contribution in [0.3, 0.4) is 0 Å². The van der Waals surface area contributed by atoms with Crippen LogP contribution in [0.25, 0.3) is 0 Å². The molecule has 0 aromatic heterocycles. The van der Waals surface area contributed by atoms with E-state index in [1.165, 1.54) is 38.2 Å². The fourth-order valence-electron chi connectivity index (χ4n) is 3.94. The lowest BCUT2D eigenvalue weighted by molar-refractivity contribution is -0.384. The molecule has 1 saturated carbocycles. The summed E-state index contributed by atoms with van der Waals surface area (Å²) in [6, 6.07) is 4.84. The molecule has 1 aliphatic carbocycles. The Labute approximate surface area is 124 Å². The Kier molecular flexibility index (Phi) is 4.10. The minimum atomic E-state index is -0.406. The van der Waals surface area contributed by atoms with Crippen LogP contribution < -0.4 is 4.90 Å². The zero-order valence-electron chi connectivity index (χ0n) is 12.2. The van der Waals surface area contributed by atoms with Gasteiger partial charge < -0.3 is 10.0 Å². The van der Waals surface area contributed by atoms with Crippen LogP contribution in [0.4, 0.5) is 11.4 Å². The number of benzene rings is 1. The van der Waals surface area contributed by atoms with Gasteiger partial charge in [0.15, 0.2) is 0 Å². The number of rotatable bonds is 3. The zero-order valence-corrected chi connectivity index (χ0v) is 12.2. The molecule has 0 spiro atoms. The van der Waals surface area contributed by atoms with Crippen molar-refractivity contribution in [2.75, 3.05) is 18.0 Å². The summed E-state index contributed by atoms with van der Waals surface area (Å²) in [6.45, 7) is 1.86. The molecule has 2 fully saturated rings. The van der Waals surface area contributed by atoms with E-state index in [0.717, 1.165) is 30.6 Å². The number of non-ortho nitro benzene ring substituents is 1. The largest absolute Gasteiger partial charge is 0.392 e. The van der Waals surface area contributed by atoms with Gasteiger partial charge in [-0.25, -0.2) is 0 Å². The molecule has 3 rings (SSSR count). The summed E-state index contributed by atoms with van der Waals surface area (Å²) in [7, 11) is 0. The van der Waals surface area contributed by atoms with Crippen LogP contribution in [0.2, 0.25) is 0 Å². The molecule has 1 saturated heterocycles. The molecule has 1 aromatic carbocycles. The number of nitro groups is 1. The molecule has 5 heteroatoms. The maximum Gasteiger partial charge on any atom is 0.269 e. The van der Waals surface area contributed by atoms with Crippen molar-refractivity contribution in [2.24, 2.45) is 11.8 Å². The van der Waals surface area contributed by atoms with Gasteiger partial charge in [0, 0.05) is 36.5 Å². The molecule has 1 aliphatic heterocycles. The van der Waals surface area contributed by atoms with Crippen LogP contribution in [-0.2, 0) is 6.61 Å². The number of piperidine rings is 1. The minimum Gasteiger partial charge on any atom is -0.392 e. The Morgan fingerprint density at radius 1 is 1.24 bits per heavy atom. The first-order valence-electron chi connectivity index (χ1n) is 7.82. The second-order valence-corrected chi connectivity index (χ2v) is 6.27. The van der Waals surface area contributed by atoms with E-state index in [1.54, 1.807) is 12.1 Å². The van der Waals surface area contributed by atoms with Crippen LogP contribution in [0.5, 0.6) is 0 Å². The zero-order chi connectivity index (χ0) is 14.8. The number of aliphatic hydroxyl groups is 1. The van der Waals surface area contributed by atoms with Gasteiger partial charge in [0.2, 0.25) is 0 Å². The molecule has 1 N–H and O–H groups in total. The van der Waals surface area contributed by atoms with Crippen LogP contribution in [0.1, 0.15) is 37.7 Å². The molecular formula is C16H22N2O3. The third-order valence-electron chi connectivity index (χ3n) is 5.08. The quantitative estimate of drug-likeness (QED) is 0.686. The van der Waals surface area contributed by atoms with Gasteiger partial charge in [-0.1, -0.05) is 19.3 Å². The molecule has 0 radical (unpaired) electrons. The first-order valence-corrected chi connectivity index (χ1v) is 7.82. The lowest BCUT2D eigenvalue weighted by atomic mass is 9.75. The molecule has 21 heavy (non-hydrogen) atoms. The third-order valence-corrected chi connectivity index (χ3v) is 5.08. The van der Waals surface area contributed by atoms with Gasteiger partial charge in [0.1, 0.15) is 0 Å². The number of anilines is 1. The normalized spacial score (nSPS) is 25.5. The number of nitro benzene ring substituents is 1. The summed E-state index contributed by atoms with van der Waals surface area (Å²) in [6.07, 6.45) is 6.53. The van der Waals surface area contributed by atoms with Gasteiger partial charge in [-0.3, -0.25) is 10.1 Å². The number of hydrogen-bond acceptors (Lipinski definition) is 4. The molecule has 2 aliphatic rings. The first-order chi connectivity index (χ1) is 10.2. The van der Waals surface area contributed by atoms with Gasteiger partial charge in [-0.2, -0.15) is 0 Å². The Bertz CT molecular complexity index is 532. The summed E-state index contributed by atoms with van der Waals surface area (Å²) >= 11 is 0. The molecule has 1 aromatic rings. The fourth-order valence-corrected chi connectivity index (χ4v) is 3.94. The van der Waals surface area contributed by atoms with E-state index in [2.05, 4.69) is 4.90 Å². The first kappa shape index (κ1) is 14.3. The second kappa shape index (κ2) is 6.02. The number of aliphatic hydroxyl groups excluding tert-OH is 1. The van der Waals surface area contributed by atoms with Crippen molar-refractivity contribution >= 4 is 11.4 Å². The van der Waals surface area contributed by atoms with Crippen LogP contribution in [0.15, 0.2) is 18.2 Å². The van der Waals surface area contributed by atoms with E-state index in [4.69, 9.17) is 0 Å². The topological polar surface area (TPSA) is 66.6 Å². The highest BCUT2D eigenvalue weighted by molar-refractivity contribution is 5.58. The summed E-state index contributed by atoms with van der Waals surface area (Å²) in [5.74, 6) is 1.60. The SMILES string of the molecule is O=[N+]([O-])c1ccc(N2CCC3CCCCC3C2)c(CO)c1. The van der Waals surface area contributed by atoms with E-state index in [-0.39, 0.29) is 12.3 Å². The summed E-state index contributed by atoms with van der Waals surface area (Å²) < 4.78 is 0. The summed E-state index contributed by atoms with van der Waals surface area (Å²) in [5.41, 5.74) is 1.68. The van der Waals surface area contributed by atoms with Crippen molar-refractivity contribution in [3.05, 3.63) is 33.9 Å². The fraction of sp³-hybridized carbons (Fsp3) is 0.625. The predicted molar refractivity (Wildman–Crippen MR) is 81.3 cm³/mol. The molecule has 0 bridgehead atoms. The maximum absolute atomic E-state index is 10.9. The Morgan fingerprint density at radius 2 is 2.00 bits per heavy atom. The smallest absolute Gasteiger partial charge is 0.269 e. The van der Waals surface area contributed by atoms with Crippen molar-refractivity contribution in [1.82, 2.24) is 0 Å². The van der Waals surface area contributed by atoms with Crippen molar-refractivity contribution in [3.8, 4) is 0 Å². The van der Waals surface area contributed by atoms with Gasteiger partial charge in [0.25, 0.3) is 5.69 Å². The van der Waals surface area contributed by atoms with Gasteiger partial charge in [-0.05, 0) is 30.7 Å². The Morgan fingerprint density at radius 3 is 2.71 bits per heavy atom. The molecule has 0 amide bonds. The number of fused-ring (bicyclic) bond motifs is 1.